The zero-order valence-corrected chi connectivity index (χ0v) is 11.4. The minimum absolute atomic E-state index is 0.270. The Bertz CT molecular complexity index is 435. The first kappa shape index (κ1) is 14.5. The highest BCUT2D eigenvalue weighted by molar-refractivity contribution is 5.94. The fourth-order valence-corrected chi connectivity index (χ4v) is 1.92. The molecule has 0 radical (unpaired) electrons. The van der Waals surface area contributed by atoms with E-state index < -0.39 is 11.6 Å². The molecule has 0 bridgehead atoms. The molecular weight excluding hydrogens is 230 g/mol. The van der Waals surface area contributed by atoms with Crippen LogP contribution in [-0.4, -0.2) is 34.9 Å². The average Bonchev–Trinajstić information content (AvgIpc) is 2.24. The smallest absolute Gasteiger partial charge is 0.337 e. The zero-order valence-electron chi connectivity index (χ0n) is 11.4. The Hall–Kier alpha value is -1.55. The van der Waals surface area contributed by atoms with Gasteiger partial charge < -0.3 is 15.1 Å². The summed E-state index contributed by atoms with van der Waals surface area (Å²) in [4.78, 5) is 13.1. The first-order valence-electron chi connectivity index (χ1n) is 6.06. The van der Waals surface area contributed by atoms with Crippen molar-refractivity contribution in [3.8, 4) is 0 Å². The van der Waals surface area contributed by atoms with Crippen molar-refractivity contribution in [1.29, 1.82) is 0 Å². The Morgan fingerprint density at radius 1 is 1.39 bits per heavy atom. The lowest BCUT2D eigenvalue weighted by Gasteiger charge is -2.31. The number of benzene rings is 1. The van der Waals surface area contributed by atoms with E-state index in [9.17, 15) is 15.0 Å². The third kappa shape index (κ3) is 3.74. The lowest BCUT2D eigenvalue weighted by molar-refractivity contribution is 0.0694. The number of carboxylic acids is 1. The van der Waals surface area contributed by atoms with Crippen LogP contribution in [0, 0.1) is 6.92 Å². The molecule has 0 unspecified atom stereocenters. The largest absolute Gasteiger partial charge is 0.478 e. The Morgan fingerprint density at radius 2 is 2.00 bits per heavy atom. The number of aryl methyl sites for hydroxylation is 1. The summed E-state index contributed by atoms with van der Waals surface area (Å²) in [5.74, 6) is -0.945. The van der Waals surface area contributed by atoms with E-state index in [4.69, 9.17) is 0 Å². The van der Waals surface area contributed by atoms with Gasteiger partial charge in [-0.1, -0.05) is 6.07 Å². The van der Waals surface area contributed by atoms with E-state index in [1.165, 1.54) is 0 Å². The second kappa shape index (κ2) is 5.40. The average molecular weight is 251 g/mol. The van der Waals surface area contributed by atoms with Crippen LogP contribution >= 0.6 is 0 Å². The van der Waals surface area contributed by atoms with Gasteiger partial charge in [0.1, 0.15) is 0 Å². The summed E-state index contributed by atoms with van der Waals surface area (Å²) >= 11 is 0. The summed E-state index contributed by atoms with van der Waals surface area (Å²) in [5.41, 5.74) is 1.07. The van der Waals surface area contributed by atoms with Crippen molar-refractivity contribution in [2.24, 2.45) is 0 Å². The van der Waals surface area contributed by atoms with Crippen LogP contribution < -0.4 is 4.90 Å². The molecule has 0 saturated carbocycles. The maximum absolute atomic E-state index is 11.2. The molecule has 2 N–H and O–H groups in total. The topological polar surface area (TPSA) is 60.8 Å². The molecule has 4 heteroatoms. The molecule has 1 aromatic rings. The van der Waals surface area contributed by atoms with Gasteiger partial charge in [0.25, 0.3) is 0 Å². The number of nitrogens with zero attached hydrogens (tertiary/aromatic N) is 1. The number of carboxylic acid groups (broad SMARTS) is 1. The molecule has 1 rings (SSSR count). The molecule has 0 aliphatic carbocycles. The molecule has 18 heavy (non-hydrogen) atoms. The van der Waals surface area contributed by atoms with Gasteiger partial charge in [-0.05, 0) is 45.4 Å². The number of hydrogen-bond acceptors (Lipinski definition) is 3. The molecule has 0 saturated heterocycles. The van der Waals surface area contributed by atoms with Crippen LogP contribution in [0.3, 0.4) is 0 Å². The molecule has 0 atom stereocenters. The van der Waals surface area contributed by atoms with Crippen LogP contribution in [0.25, 0.3) is 0 Å². The summed E-state index contributed by atoms with van der Waals surface area (Å²) in [5, 5.41) is 19.1. The number of aliphatic hydroxyl groups is 1. The van der Waals surface area contributed by atoms with Crippen molar-refractivity contribution in [3.63, 3.8) is 0 Å². The van der Waals surface area contributed by atoms with Crippen LogP contribution in [0.4, 0.5) is 5.69 Å². The fourth-order valence-electron chi connectivity index (χ4n) is 1.92. The third-order valence-corrected chi connectivity index (χ3v) is 2.68. The molecule has 0 heterocycles. The summed E-state index contributed by atoms with van der Waals surface area (Å²) in [6.45, 7) is 8.34. The Morgan fingerprint density at radius 3 is 2.44 bits per heavy atom. The van der Waals surface area contributed by atoms with Gasteiger partial charge in [0.15, 0.2) is 0 Å². The highest BCUT2D eigenvalue weighted by Gasteiger charge is 2.21. The number of rotatable bonds is 5. The van der Waals surface area contributed by atoms with Gasteiger partial charge >= 0.3 is 5.97 Å². The summed E-state index contributed by atoms with van der Waals surface area (Å²) in [7, 11) is 0. The number of anilines is 1. The normalized spacial score (nSPS) is 11.4. The molecule has 0 fully saturated rings. The zero-order chi connectivity index (χ0) is 13.9. The molecule has 0 spiro atoms. The van der Waals surface area contributed by atoms with Crippen molar-refractivity contribution >= 4 is 11.7 Å². The Labute approximate surface area is 108 Å². The van der Waals surface area contributed by atoms with Gasteiger partial charge in [0.2, 0.25) is 0 Å². The molecular formula is C14H21NO3. The summed E-state index contributed by atoms with van der Waals surface area (Å²) in [6.07, 6.45) is 0. The lowest BCUT2D eigenvalue weighted by Crippen LogP contribution is -2.39. The van der Waals surface area contributed by atoms with E-state index >= 15 is 0 Å². The van der Waals surface area contributed by atoms with Crippen molar-refractivity contribution in [3.05, 3.63) is 29.3 Å². The highest BCUT2D eigenvalue weighted by Crippen LogP contribution is 2.24. The molecule has 4 nitrogen and oxygen atoms in total. The van der Waals surface area contributed by atoms with Crippen LogP contribution in [-0.2, 0) is 0 Å². The number of aromatic carboxylic acids is 1. The van der Waals surface area contributed by atoms with Gasteiger partial charge in [-0.15, -0.1) is 0 Å². The summed E-state index contributed by atoms with van der Waals surface area (Å²) in [6, 6.07) is 5.24. The van der Waals surface area contributed by atoms with E-state index in [-0.39, 0.29) is 5.56 Å². The van der Waals surface area contributed by atoms with Gasteiger partial charge in [-0.2, -0.15) is 0 Å². The summed E-state index contributed by atoms with van der Waals surface area (Å²) < 4.78 is 0. The van der Waals surface area contributed by atoms with Crippen LogP contribution in [0.2, 0.25) is 0 Å². The van der Waals surface area contributed by atoms with Gasteiger partial charge in [-0.25, -0.2) is 4.79 Å². The van der Waals surface area contributed by atoms with E-state index in [0.717, 1.165) is 5.56 Å². The van der Waals surface area contributed by atoms with Gasteiger partial charge in [0, 0.05) is 13.1 Å². The maximum atomic E-state index is 11.2. The molecule has 0 aliphatic rings. The predicted molar refractivity (Wildman–Crippen MR) is 72.3 cm³/mol. The van der Waals surface area contributed by atoms with Crippen molar-refractivity contribution < 1.29 is 15.0 Å². The minimum Gasteiger partial charge on any atom is -0.478 e. The van der Waals surface area contributed by atoms with Crippen molar-refractivity contribution in [2.45, 2.75) is 33.3 Å². The van der Waals surface area contributed by atoms with Crippen LogP contribution in [0.15, 0.2) is 18.2 Å². The number of likely N-dealkylation sites (N-methyl/N-ethyl adjacent to an activating group) is 1. The third-order valence-electron chi connectivity index (χ3n) is 2.68. The maximum Gasteiger partial charge on any atom is 0.337 e. The SMILES string of the molecule is CCN(CC(C)(C)O)c1cc(C)ccc1C(=O)O. The molecule has 0 aliphatic heterocycles. The quantitative estimate of drug-likeness (QED) is 0.843. The minimum atomic E-state index is -0.945. The fraction of sp³-hybridized carbons (Fsp3) is 0.500. The molecule has 0 amide bonds. The van der Waals surface area contributed by atoms with Gasteiger partial charge in [0.05, 0.1) is 16.9 Å². The monoisotopic (exact) mass is 251 g/mol. The number of hydrogen-bond donors (Lipinski definition) is 2. The standard InChI is InChI=1S/C14H21NO3/c1-5-15(9-14(3,4)18)12-8-10(2)6-7-11(12)13(16)17/h6-8,18H,5,9H2,1-4H3,(H,16,17). The van der Waals surface area contributed by atoms with Crippen LogP contribution in [0.1, 0.15) is 36.7 Å². The number of carbonyl (C=O) groups is 1. The van der Waals surface area contributed by atoms with E-state index in [1.54, 1.807) is 26.0 Å². The first-order valence-corrected chi connectivity index (χ1v) is 6.06. The predicted octanol–water partition coefficient (Wildman–Crippen LogP) is 2.29. The molecule has 100 valence electrons. The lowest BCUT2D eigenvalue weighted by atomic mass is 10.1. The Kier molecular flexibility index (Phi) is 4.35. The molecule has 0 aromatic heterocycles. The van der Waals surface area contributed by atoms with Crippen LogP contribution in [0.5, 0.6) is 0 Å². The van der Waals surface area contributed by atoms with E-state index in [0.29, 0.717) is 18.8 Å². The van der Waals surface area contributed by atoms with E-state index in [1.807, 2.05) is 24.8 Å². The molecule has 1 aromatic carbocycles. The van der Waals surface area contributed by atoms with Gasteiger partial charge in [-0.3, -0.25) is 0 Å². The van der Waals surface area contributed by atoms with Crippen molar-refractivity contribution in [2.75, 3.05) is 18.0 Å². The van der Waals surface area contributed by atoms with E-state index in [2.05, 4.69) is 0 Å². The Balaban J connectivity index is 3.19. The second-order valence-corrected chi connectivity index (χ2v) is 5.15. The first-order chi connectivity index (χ1) is 8.24. The highest BCUT2D eigenvalue weighted by atomic mass is 16.4. The second-order valence-electron chi connectivity index (χ2n) is 5.15. The van der Waals surface area contributed by atoms with Crippen molar-refractivity contribution in [1.82, 2.24) is 0 Å².